The molecular weight excluding hydrogens is 560 g/mol. The maximum Gasteiger partial charge on any atom is 0.305 e. The van der Waals surface area contributed by atoms with Gasteiger partial charge in [-0.15, -0.1) is 0 Å². The first-order chi connectivity index (χ1) is 20.9. The van der Waals surface area contributed by atoms with Crippen LogP contribution < -0.4 is 0 Å². The molecule has 5 rings (SSSR count). The lowest BCUT2D eigenvalue weighted by Gasteiger charge is -2.73. The molecule has 45 heavy (non-hydrogen) atoms. The number of fused-ring (bicyclic) bond motifs is 3. The van der Waals surface area contributed by atoms with Gasteiger partial charge < -0.3 is 14.9 Å². The fraction of sp³-hybridized carbons (Fsp3) is 0.900. The van der Waals surface area contributed by atoms with Crippen molar-refractivity contribution < 1.29 is 24.5 Å². The van der Waals surface area contributed by atoms with E-state index in [9.17, 15) is 19.8 Å². The molecule has 13 atom stereocenters. The summed E-state index contributed by atoms with van der Waals surface area (Å²) in [6, 6.07) is 0. The third kappa shape index (κ3) is 5.13. The first-order valence-corrected chi connectivity index (χ1v) is 18.7. The van der Waals surface area contributed by atoms with Crippen LogP contribution in [0.25, 0.3) is 0 Å². The van der Waals surface area contributed by atoms with Gasteiger partial charge in [-0.05, 0) is 85.4 Å². The SMILES string of the molecule is CCC(=O)OC1C2(C)C(C)C3CCC(C(C)(C)C)C(C)C3C(O)C2C(C)C2(C)C(O)C(C(=O)CCC3CCCC3)=C(C)CC12C. The quantitative estimate of drug-likeness (QED) is 0.289. The molecule has 2 N–H and O–H groups in total. The minimum absolute atomic E-state index is 0.0874. The molecule has 5 heteroatoms. The van der Waals surface area contributed by atoms with Gasteiger partial charge in [-0.25, -0.2) is 0 Å². The lowest BCUT2D eigenvalue weighted by Crippen LogP contribution is -2.76. The van der Waals surface area contributed by atoms with E-state index in [4.69, 9.17) is 4.74 Å². The maximum absolute atomic E-state index is 14.0. The van der Waals surface area contributed by atoms with E-state index in [-0.39, 0.29) is 47.3 Å². The van der Waals surface area contributed by atoms with E-state index in [1.165, 1.54) is 25.7 Å². The summed E-state index contributed by atoms with van der Waals surface area (Å²) < 4.78 is 6.64. The van der Waals surface area contributed by atoms with Gasteiger partial charge in [-0.3, -0.25) is 9.59 Å². The van der Waals surface area contributed by atoms with Gasteiger partial charge in [0.25, 0.3) is 0 Å². The van der Waals surface area contributed by atoms with Crippen LogP contribution in [0.3, 0.4) is 0 Å². The van der Waals surface area contributed by atoms with Crippen molar-refractivity contribution in [1.29, 1.82) is 0 Å². The Hall–Kier alpha value is -1.20. The number of esters is 1. The Kier molecular flexibility index (Phi) is 9.40. The molecule has 0 aromatic heterocycles. The maximum atomic E-state index is 14.0. The van der Waals surface area contributed by atoms with Crippen LogP contribution in [0.15, 0.2) is 11.1 Å². The number of hydrogen-bond acceptors (Lipinski definition) is 5. The highest BCUT2D eigenvalue weighted by Gasteiger charge is 2.75. The van der Waals surface area contributed by atoms with Gasteiger partial charge in [0.2, 0.25) is 0 Å². The van der Waals surface area contributed by atoms with Crippen LogP contribution in [0.1, 0.15) is 140 Å². The van der Waals surface area contributed by atoms with Crippen LogP contribution in [0, 0.1) is 69.0 Å². The Labute approximate surface area is 274 Å². The summed E-state index contributed by atoms with van der Waals surface area (Å²) in [5, 5.41) is 25.3. The smallest absolute Gasteiger partial charge is 0.305 e. The van der Waals surface area contributed by atoms with Crippen LogP contribution >= 0.6 is 0 Å². The van der Waals surface area contributed by atoms with Crippen molar-refractivity contribution in [2.24, 2.45) is 69.0 Å². The van der Waals surface area contributed by atoms with E-state index in [2.05, 4.69) is 62.3 Å². The predicted octanol–water partition coefficient (Wildman–Crippen LogP) is 8.55. The van der Waals surface area contributed by atoms with E-state index >= 15 is 0 Å². The van der Waals surface area contributed by atoms with Gasteiger partial charge in [-0.2, -0.15) is 0 Å². The fourth-order valence-corrected chi connectivity index (χ4v) is 13.0. The standard InChI is InChI=1S/C40H66O5/c1-12-30(42)45-36-38(9)21-22(2)31(29(41)20-17-26-15-13-14-16-26)35(44)40(38,11)25(5)33-34(43)32-23(3)28(37(6,7)8)19-18-27(32)24(4)39(33,36)10/h23-28,32-36,43-44H,12-21H2,1-11H3. The number of rotatable bonds is 6. The molecule has 0 aliphatic heterocycles. The molecule has 0 heterocycles. The zero-order chi connectivity index (χ0) is 33.4. The number of allylic oxidation sites excluding steroid dienone is 1. The van der Waals surface area contributed by atoms with Gasteiger partial charge in [0.1, 0.15) is 6.10 Å². The second kappa shape index (κ2) is 12.0. The van der Waals surface area contributed by atoms with Crippen molar-refractivity contribution in [3.05, 3.63) is 11.1 Å². The lowest BCUT2D eigenvalue weighted by atomic mass is 9.32. The van der Waals surface area contributed by atoms with E-state index in [1.807, 2.05) is 13.8 Å². The first-order valence-electron chi connectivity index (χ1n) is 18.7. The second-order valence-corrected chi connectivity index (χ2v) is 18.4. The average molecular weight is 627 g/mol. The number of aliphatic hydroxyl groups is 2. The number of ketones is 1. The summed E-state index contributed by atoms with van der Waals surface area (Å²) in [6.07, 6.45) is 7.41. The van der Waals surface area contributed by atoms with Gasteiger partial charge in [-0.1, -0.05) is 100 Å². The third-order valence-electron chi connectivity index (χ3n) is 15.6. The average Bonchev–Trinajstić information content (AvgIpc) is 3.48. The van der Waals surface area contributed by atoms with Crippen LogP contribution in [-0.4, -0.2) is 40.3 Å². The van der Waals surface area contributed by atoms with E-state index in [1.54, 1.807) is 0 Å². The third-order valence-corrected chi connectivity index (χ3v) is 15.6. The van der Waals surface area contributed by atoms with E-state index in [0.29, 0.717) is 42.1 Å². The molecule has 0 saturated heterocycles. The molecule has 4 saturated carbocycles. The van der Waals surface area contributed by atoms with Crippen molar-refractivity contribution in [2.45, 2.75) is 159 Å². The van der Waals surface area contributed by atoms with Crippen LogP contribution in [0.2, 0.25) is 0 Å². The summed E-state index contributed by atoms with van der Waals surface area (Å²) in [7, 11) is 0. The summed E-state index contributed by atoms with van der Waals surface area (Å²) in [6.45, 7) is 24.5. The molecule has 0 radical (unpaired) electrons. The second-order valence-electron chi connectivity index (χ2n) is 18.4. The minimum atomic E-state index is -0.971. The zero-order valence-electron chi connectivity index (χ0n) is 30.5. The number of hydrogen-bond donors (Lipinski definition) is 2. The molecule has 5 aliphatic rings. The highest BCUT2D eigenvalue weighted by atomic mass is 16.5. The number of aliphatic hydroxyl groups excluding tert-OH is 2. The van der Waals surface area contributed by atoms with E-state index < -0.39 is 34.6 Å². The van der Waals surface area contributed by atoms with Crippen molar-refractivity contribution in [3.63, 3.8) is 0 Å². The van der Waals surface area contributed by atoms with Gasteiger partial charge in [0.05, 0.1) is 12.2 Å². The van der Waals surface area contributed by atoms with Crippen molar-refractivity contribution >= 4 is 11.8 Å². The summed E-state index contributed by atoms with van der Waals surface area (Å²) in [5.41, 5.74) is -0.132. The lowest BCUT2D eigenvalue weighted by molar-refractivity contribution is -0.312. The highest BCUT2D eigenvalue weighted by Crippen LogP contribution is 2.74. The van der Waals surface area contributed by atoms with Crippen LogP contribution in [0.4, 0.5) is 0 Å². The van der Waals surface area contributed by atoms with Crippen molar-refractivity contribution in [1.82, 2.24) is 0 Å². The summed E-state index contributed by atoms with van der Waals surface area (Å²) >= 11 is 0. The normalized spacial score (nSPS) is 47.1. The Morgan fingerprint density at radius 2 is 1.58 bits per heavy atom. The van der Waals surface area contributed by atoms with Crippen molar-refractivity contribution in [2.75, 3.05) is 0 Å². The molecule has 0 amide bonds. The number of Topliss-reactive ketones (excluding diaryl/α,β-unsaturated/α-hetero) is 1. The molecule has 5 aliphatic carbocycles. The molecule has 0 spiro atoms. The zero-order valence-corrected chi connectivity index (χ0v) is 30.5. The predicted molar refractivity (Wildman–Crippen MR) is 180 cm³/mol. The molecular formula is C40H66O5. The summed E-state index contributed by atoms with van der Waals surface area (Å²) in [5.74, 6) is 1.82. The summed E-state index contributed by atoms with van der Waals surface area (Å²) in [4.78, 5) is 27.3. The van der Waals surface area contributed by atoms with Crippen molar-refractivity contribution in [3.8, 4) is 0 Å². The number of carbonyl (C=O) groups is 2. The van der Waals surface area contributed by atoms with E-state index in [0.717, 1.165) is 24.8 Å². The Morgan fingerprint density at radius 1 is 0.956 bits per heavy atom. The van der Waals surface area contributed by atoms with Crippen LogP contribution in [0.5, 0.6) is 0 Å². The fourth-order valence-electron chi connectivity index (χ4n) is 13.0. The van der Waals surface area contributed by atoms with Crippen LogP contribution in [-0.2, 0) is 14.3 Å². The van der Waals surface area contributed by atoms with Gasteiger partial charge >= 0.3 is 5.97 Å². The molecule has 4 fully saturated rings. The number of carbonyl (C=O) groups excluding carboxylic acids is 2. The largest absolute Gasteiger partial charge is 0.461 e. The molecule has 13 unspecified atom stereocenters. The monoisotopic (exact) mass is 626 g/mol. The Balaban J connectivity index is 1.61. The Bertz CT molecular complexity index is 1180. The molecule has 0 aromatic carbocycles. The molecule has 5 nitrogen and oxygen atoms in total. The Morgan fingerprint density at radius 3 is 2.16 bits per heavy atom. The van der Waals surface area contributed by atoms with Gasteiger partial charge in [0, 0.05) is 34.7 Å². The highest BCUT2D eigenvalue weighted by molar-refractivity contribution is 5.97. The topological polar surface area (TPSA) is 83.8 Å². The van der Waals surface area contributed by atoms with Gasteiger partial charge in [0.15, 0.2) is 5.78 Å². The number of ether oxygens (including phenoxy) is 1. The molecule has 256 valence electrons. The first kappa shape index (κ1) is 35.1. The molecule has 0 aromatic rings. The molecule has 0 bridgehead atoms. The minimum Gasteiger partial charge on any atom is -0.461 e.